The monoisotopic (exact) mass is 342 g/mol. The number of carbonyl (C=O) groups excluding carboxylic acids is 1. The van der Waals surface area contributed by atoms with E-state index in [9.17, 15) is 10.1 Å². The van der Waals surface area contributed by atoms with Gasteiger partial charge < -0.3 is 0 Å². The van der Waals surface area contributed by atoms with Gasteiger partial charge in [-0.1, -0.05) is 24.3 Å². The van der Waals surface area contributed by atoms with Gasteiger partial charge in [0.25, 0.3) is 0 Å². The van der Waals surface area contributed by atoms with Crippen LogP contribution in [0.5, 0.6) is 0 Å². The van der Waals surface area contributed by atoms with Gasteiger partial charge in [-0.15, -0.1) is 0 Å². The maximum atomic E-state index is 12.5. The predicted octanol–water partition coefficient (Wildman–Crippen LogP) is 3.77. The molecule has 0 bridgehead atoms. The molecule has 0 fully saturated rings. The fourth-order valence-electron chi connectivity index (χ4n) is 2.80. The molecule has 2 aromatic heterocycles. The second-order valence-corrected chi connectivity index (χ2v) is 5.88. The molecule has 0 N–H and O–H groups in total. The maximum absolute atomic E-state index is 12.5. The van der Waals surface area contributed by atoms with Crippen molar-refractivity contribution < 1.29 is 4.79 Å². The van der Waals surface area contributed by atoms with Crippen molar-refractivity contribution in [3.8, 4) is 11.8 Å². The van der Waals surface area contributed by atoms with E-state index in [1.807, 2.05) is 54.9 Å². The third-order valence-corrected chi connectivity index (χ3v) is 4.16. The van der Waals surface area contributed by atoms with E-state index in [1.54, 1.807) is 30.5 Å². The number of benzene rings is 1. The van der Waals surface area contributed by atoms with Crippen molar-refractivity contribution in [3.05, 3.63) is 83.4 Å². The minimum absolute atomic E-state index is 0.294. The number of hydrogen-bond acceptors (Lipinski definition) is 4. The lowest BCUT2D eigenvalue weighted by molar-refractivity contribution is -0.114. The molecule has 5 heteroatoms. The minimum Gasteiger partial charge on any atom is -0.293 e. The molecule has 0 amide bonds. The summed E-state index contributed by atoms with van der Waals surface area (Å²) in [5.74, 6) is -1.20. The highest BCUT2D eigenvalue weighted by atomic mass is 16.1. The normalized spacial score (nSPS) is 12.0. The maximum Gasteiger partial charge on any atom is 0.178 e. The van der Waals surface area contributed by atoms with E-state index in [-0.39, 0.29) is 5.78 Å². The van der Waals surface area contributed by atoms with Crippen molar-refractivity contribution in [3.63, 3.8) is 0 Å². The molecule has 3 rings (SSSR count). The molecule has 0 aliphatic carbocycles. The van der Waals surface area contributed by atoms with Crippen LogP contribution in [0, 0.1) is 25.2 Å². The Labute approximate surface area is 152 Å². The number of allylic oxidation sites excluding steroid dienone is 1. The van der Waals surface area contributed by atoms with Crippen LogP contribution in [-0.2, 0) is 4.79 Å². The number of nitrogens with zero attached hydrogens (tertiary/aromatic N) is 4. The Kier molecular flexibility index (Phi) is 5.04. The third kappa shape index (κ3) is 3.45. The van der Waals surface area contributed by atoms with E-state index in [4.69, 9.17) is 0 Å². The summed E-state index contributed by atoms with van der Waals surface area (Å²) in [4.78, 5) is 16.6. The summed E-state index contributed by atoms with van der Waals surface area (Å²) in [7, 11) is 0. The Morgan fingerprint density at radius 3 is 2.54 bits per heavy atom. The van der Waals surface area contributed by atoms with Gasteiger partial charge in [0.05, 0.1) is 23.1 Å². The highest BCUT2D eigenvalue weighted by Gasteiger charge is 2.19. The van der Waals surface area contributed by atoms with Gasteiger partial charge in [0, 0.05) is 17.5 Å². The molecule has 0 unspecified atom stereocenters. The van der Waals surface area contributed by atoms with E-state index in [2.05, 4.69) is 10.1 Å². The quantitative estimate of drug-likeness (QED) is 0.662. The zero-order valence-electron chi connectivity index (χ0n) is 14.6. The van der Waals surface area contributed by atoms with Crippen LogP contribution in [0.4, 0.5) is 0 Å². The first kappa shape index (κ1) is 17.3. The number of pyridine rings is 1. The molecule has 3 aromatic rings. The van der Waals surface area contributed by atoms with Gasteiger partial charge in [-0.05, 0) is 50.3 Å². The summed E-state index contributed by atoms with van der Waals surface area (Å²) in [5, 5.41) is 13.9. The van der Waals surface area contributed by atoms with Crippen molar-refractivity contribution in [2.45, 2.75) is 19.8 Å². The number of aryl methyl sites for hydroxylation is 1. The van der Waals surface area contributed by atoms with E-state index in [0.717, 1.165) is 22.6 Å². The number of nitriles is 1. The number of para-hydroxylation sites is 1. The number of rotatable bonds is 5. The van der Waals surface area contributed by atoms with Crippen LogP contribution >= 0.6 is 0 Å². The summed E-state index contributed by atoms with van der Waals surface area (Å²) < 4.78 is 1.85. The molecule has 5 nitrogen and oxygen atoms in total. The molecule has 0 saturated carbocycles. The van der Waals surface area contributed by atoms with Crippen LogP contribution in [0.2, 0.25) is 0 Å². The molecule has 0 aliphatic rings. The largest absolute Gasteiger partial charge is 0.293 e. The van der Waals surface area contributed by atoms with E-state index in [1.165, 1.54) is 6.08 Å². The van der Waals surface area contributed by atoms with Gasteiger partial charge in [0.1, 0.15) is 0 Å². The van der Waals surface area contributed by atoms with E-state index >= 15 is 0 Å². The van der Waals surface area contributed by atoms with Gasteiger partial charge in [-0.25, -0.2) is 4.68 Å². The molecular weight excluding hydrogens is 324 g/mol. The van der Waals surface area contributed by atoms with Gasteiger partial charge >= 0.3 is 0 Å². The van der Waals surface area contributed by atoms with Crippen LogP contribution in [0.3, 0.4) is 0 Å². The number of ketones is 1. The number of aromatic nitrogens is 3. The lowest BCUT2D eigenvalue weighted by Gasteiger charge is -2.04. The zero-order chi connectivity index (χ0) is 18.5. The van der Waals surface area contributed by atoms with Crippen LogP contribution in [0.25, 0.3) is 11.8 Å². The van der Waals surface area contributed by atoms with Crippen molar-refractivity contribution in [1.82, 2.24) is 14.8 Å². The first-order chi connectivity index (χ1) is 12.6. The lowest BCUT2D eigenvalue weighted by Crippen LogP contribution is -2.09. The van der Waals surface area contributed by atoms with Crippen molar-refractivity contribution in [2.24, 2.45) is 0 Å². The van der Waals surface area contributed by atoms with E-state index in [0.29, 0.717) is 5.69 Å². The highest BCUT2D eigenvalue weighted by molar-refractivity contribution is 6.00. The average molecular weight is 342 g/mol. The first-order valence-corrected chi connectivity index (χ1v) is 8.26. The number of hydrogen-bond donors (Lipinski definition) is 0. The lowest BCUT2D eigenvalue weighted by atomic mass is 10.00. The fourth-order valence-corrected chi connectivity index (χ4v) is 2.80. The van der Waals surface area contributed by atoms with Crippen molar-refractivity contribution in [2.75, 3.05) is 0 Å². The van der Waals surface area contributed by atoms with Crippen LogP contribution < -0.4 is 0 Å². The average Bonchev–Trinajstić information content (AvgIpc) is 2.96. The zero-order valence-corrected chi connectivity index (χ0v) is 14.6. The summed E-state index contributed by atoms with van der Waals surface area (Å²) in [6.07, 6.45) is 4.75. The molecule has 0 radical (unpaired) electrons. The Morgan fingerprint density at radius 2 is 1.88 bits per heavy atom. The Hall–Kier alpha value is -3.52. The molecule has 26 heavy (non-hydrogen) atoms. The molecule has 2 heterocycles. The van der Waals surface area contributed by atoms with Crippen LogP contribution in [0.1, 0.15) is 28.6 Å². The molecule has 128 valence electrons. The summed E-state index contributed by atoms with van der Waals surface area (Å²) in [6, 6.07) is 17.0. The minimum atomic E-state index is -0.905. The molecular formula is C21H18N4O. The Morgan fingerprint density at radius 1 is 1.15 bits per heavy atom. The van der Waals surface area contributed by atoms with Crippen LogP contribution in [-0.4, -0.2) is 20.5 Å². The fraction of sp³-hybridized carbons (Fsp3) is 0.143. The second-order valence-electron chi connectivity index (χ2n) is 5.88. The SMILES string of the molecule is Cc1nn(-c2ccccc2)c(C)c1/C=C\C(=O)[C@H](C#N)c1ccccn1. The molecule has 1 aromatic carbocycles. The molecule has 0 aliphatic heterocycles. The molecule has 1 atom stereocenters. The smallest absolute Gasteiger partial charge is 0.178 e. The summed E-state index contributed by atoms with van der Waals surface area (Å²) in [5.41, 5.74) is 4.05. The Balaban J connectivity index is 1.88. The van der Waals surface area contributed by atoms with E-state index < -0.39 is 5.92 Å². The topological polar surface area (TPSA) is 71.6 Å². The van der Waals surface area contributed by atoms with Crippen LogP contribution in [0.15, 0.2) is 60.8 Å². The van der Waals surface area contributed by atoms with Gasteiger partial charge in [0.15, 0.2) is 11.7 Å². The molecule has 0 saturated heterocycles. The molecule has 0 spiro atoms. The predicted molar refractivity (Wildman–Crippen MR) is 99.7 cm³/mol. The van der Waals surface area contributed by atoms with Gasteiger partial charge in [0.2, 0.25) is 0 Å². The van der Waals surface area contributed by atoms with Gasteiger partial charge in [-0.2, -0.15) is 10.4 Å². The third-order valence-electron chi connectivity index (χ3n) is 4.16. The summed E-state index contributed by atoms with van der Waals surface area (Å²) >= 11 is 0. The number of carbonyl (C=O) groups is 1. The standard InChI is InChI=1S/C21H18N4O/c1-15-18(16(2)25(24-15)17-8-4-3-5-9-17)11-12-21(26)19(14-22)20-10-6-7-13-23-20/h3-13,19H,1-2H3/b12-11-/t19-/m1/s1. The Bertz CT molecular complexity index is 982. The summed E-state index contributed by atoms with van der Waals surface area (Å²) in [6.45, 7) is 3.86. The van der Waals surface area contributed by atoms with Crippen molar-refractivity contribution in [1.29, 1.82) is 5.26 Å². The van der Waals surface area contributed by atoms with Crippen molar-refractivity contribution >= 4 is 11.9 Å². The first-order valence-electron chi connectivity index (χ1n) is 8.26. The second kappa shape index (κ2) is 7.58. The highest BCUT2D eigenvalue weighted by Crippen LogP contribution is 2.20. The van der Waals surface area contributed by atoms with Gasteiger partial charge in [-0.3, -0.25) is 9.78 Å².